The average molecular weight is 302 g/mol. The molecule has 0 amide bonds. The molecule has 0 radical (unpaired) electrons. The van der Waals surface area contributed by atoms with Gasteiger partial charge in [-0.25, -0.2) is 13.1 Å². The largest absolute Gasteiger partial charge is 0.394 e. The van der Waals surface area contributed by atoms with E-state index in [1.54, 1.807) is 13.8 Å². The SMILES string of the molecule is CCC(CC)(CO)NS(=O)(=O)c1ccc([N+](=O)[O-])cc1. The van der Waals surface area contributed by atoms with Gasteiger partial charge in [0.05, 0.1) is 22.0 Å². The summed E-state index contributed by atoms with van der Waals surface area (Å²) >= 11 is 0. The number of hydrogen-bond donors (Lipinski definition) is 2. The van der Waals surface area contributed by atoms with Gasteiger partial charge in [0.2, 0.25) is 10.0 Å². The van der Waals surface area contributed by atoms with E-state index in [0.717, 1.165) is 12.1 Å². The minimum absolute atomic E-state index is 0.0668. The van der Waals surface area contributed by atoms with Crippen LogP contribution in [-0.4, -0.2) is 30.6 Å². The van der Waals surface area contributed by atoms with Crippen molar-refractivity contribution in [2.24, 2.45) is 0 Å². The molecule has 0 spiro atoms. The van der Waals surface area contributed by atoms with E-state index in [1.807, 2.05) is 0 Å². The van der Waals surface area contributed by atoms with E-state index in [1.165, 1.54) is 12.1 Å². The molecular formula is C12H18N2O5S. The standard InChI is InChI=1S/C12H18N2O5S/c1-3-12(4-2,9-15)13-20(18,19)11-7-5-10(6-8-11)14(16)17/h5-8,13,15H,3-4,9H2,1-2H3. The highest BCUT2D eigenvalue weighted by Gasteiger charge is 2.31. The van der Waals surface area contributed by atoms with Gasteiger partial charge in [0.25, 0.3) is 5.69 Å². The number of non-ortho nitro benzene ring substituents is 1. The fourth-order valence-electron chi connectivity index (χ4n) is 1.74. The molecule has 0 fully saturated rings. The number of benzene rings is 1. The Morgan fingerprint density at radius 1 is 1.25 bits per heavy atom. The highest BCUT2D eigenvalue weighted by atomic mass is 32.2. The molecule has 0 unspecified atom stereocenters. The van der Waals surface area contributed by atoms with Crippen LogP contribution < -0.4 is 4.72 Å². The van der Waals surface area contributed by atoms with E-state index < -0.39 is 20.5 Å². The van der Waals surface area contributed by atoms with Gasteiger partial charge < -0.3 is 5.11 Å². The van der Waals surface area contributed by atoms with Gasteiger partial charge in [0.15, 0.2) is 0 Å². The van der Waals surface area contributed by atoms with Gasteiger partial charge >= 0.3 is 0 Å². The molecular weight excluding hydrogens is 284 g/mol. The van der Waals surface area contributed by atoms with Crippen molar-refractivity contribution in [3.05, 3.63) is 34.4 Å². The van der Waals surface area contributed by atoms with Crippen LogP contribution in [0.4, 0.5) is 5.69 Å². The minimum atomic E-state index is -3.83. The van der Waals surface area contributed by atoms with Crippen molar-refractivity contribution in [3.8, 4) is 0 Å². The molecule has 1 aromatic carbocycles. The van der Waals surface area contributed by atoms with Crippen LogP contribution in [0.5, 0.6) is 0 Å². The molecule has 0 saturated heterocycles. The van der Waals surface area contributed by atoms with Crippen LogP contribution in [0, 0.1) is 10.1 Å². The summed E-state index contributed by atoms with van der Waals surface area (Å²) in [6, 6.07) is 4.61. The van der Waals surface area contributed by atoms with Gasteiger partial charge in [0, 0.05) is 12.1 Å². The second-order valence-electron chi connectivity index (χ2n) is 4.50. The molecule has 0 bridgehead atoms. The molecule has 8 heteroatoms. The molecule has 20 heavy (non-hydrogen) atoms. The molecule has 0 aromatic heterocycles. The fourth-order valence-corrected chi connectivity index (χ4v) is 3.28. The number of hydrogen-bond acceptors (Lipinski definition) is 5. The van der Waals surface area contributed by atoms with E-state index in [9.17, 15) is 23.6 Å². The number of sulfonamides is 1. The predicted molar refractivity (Wildman–Crippen MR) is 73.8 cm³/mol. The number of nitrogens with zero attached hydrogens (tertiary/aromatic N) is 1. The molecule has 0 atom stereocenters. The van der Waals surface area contributed by atoms with E-state index in [0.29, 0.717) is 12.8 Å². The Morgan fingerprint density at radius 3 is 2.10 bits per heavy atom. The Kier molecular flexibility index (Phi) is 5.21. The monoisotopic (exact) mass is 302 g/mol. The topological polar surface area (TPSA) is 110 Å². The van der Waals surface area contributed by atoms with E-state index >= 15 is 0 Å². The molecule has 7 nitrogen and oxygen atoms in total. The van der Waals surface area contributed by atoms with Crippen LogP contribution in [0.15, 0.2) is 29.2 Å². The molecule has 1 rings (SSSR count). The second kappa shape index (κ2) is 6.29. The van der Waals surface area contributed by atoms with Gasteiger partial charge in [-0.1, -0.05) is 13.8 Å². The molecule has 0 aliphatic heterocycles. The average Bonchev–Trinajstić information content (AvgIpc) is 2.45. The summed E-state index contributed by atoms with van der Waals surface area (Å²) in [5.74, 6) is 0. The zero-order chi connectivity index (χ0) is 15.4. The van der Waals surface area contributed by atoms with Crippen molar-refractivity contribution in [3.63, 3.8) is 0 Å². The van der Waals surface area contributed by atoms with Gasteiger partial charge in [-0.2, -0.15) is 0 Å². The normalized spacial score (nSPS) is 12.3. The Bertz CT molecular complexity index is 556. The third-order valence-electron chi connectivity index (χ3n) is 3.36. The first-order valence-electron chi connectivity index (χ1n) is 6.19. The first-order chi connectivity index (χ1) is 9.30. The van der Waals surface area contributed by atoms with Crippen molar-refractivity contribution in [2.75, 3.05) is 6.61 Å². The summed E-state index contributed by atoms with van der Waals surface area (Å²) in [6.07, 6.45) is 0.873. The van der Waals surface area contributed by atoms with Crippen LogP contribution in [-0.2, 0) is 10.0 Å². The molecule has 112 valence electrons. The smallest absolute Gasteiger partial charge is 0.269 e. The van der Waals surface area contributed by atoms with Crippen molar-refractivity contribution < 1.29 is 18.4 Å². The maximum atomic E-state index is 12.2. The number of nitro benzene ring substituents is 1. The number of nitro groups is 1. The second-order valence-corrected chi connectivity index (χ2v) is 6.18. The summed E-state index contributed by atoms with van der Waals surface area (Å²) in [5.41, 5.74) is -1.09. The van der Waals surface area contributed by atoms with E-state index in [4.69, 9.17) is 0 Å². The molecule has 0 heterocycles. The number of aliphatic hydroxyl groups excluding tert-OH is 1. The molecule has 1 aromatic rings. The van der Waals surface area contributed by atoms with Gasteiger partial charge in [-0.3, -0.25) is 10.1 Å². The Balaban J connectivity index is 3.07. The number of rotatable bonds is 7. The first-order valence-corrected chi connectivity index (χ1v) is 7.68. The summed E-state index contributed by atoms with van der Waals surface area (Å²) in [7, 11) is -3.83. The highest BCUT2D eigenvalue weighted by Crippen LogP contribution is 2.21. The Hall–Kier alpha value is -1.51. The third-order valence-corrected chi connectivity index (χ3v) is 4.96. The molecule has 0 aliphatic rings. The van der Waals surface area contributed by atoms with Crippen LogP contribution in [0.3, 0.4) is 0 Å². The maximum Gasteiger partial charge on any atom is 0.269 e. The summed E-state index contributed by atoms with van der Waals surface area (Å²) in [4.78, 5) is 9.87. The first kappa shape index (κ1) is 16.5. The predicted octanol–water partition coefficient (Wildman–Crippen LogP) is 1.42. The quantitative estimate of drug-likeness (QED) is 0.585. The summed E-state index contributed by atoms with van der Waals surface area (Å²) in [5, 5.41) is 19.9. The maximum absolute atomic E-state index is 12.2. The lowest BCUT2D eigenvalue weighted by molar-refractivity contribution is -0.384. The Morgan fingerprint density at radius 2 is 1.75 bits per heavy atom. The lowest BCUT2D eigenvalue weighted by Crippen LogP contribution is -2.50. The lowest BCUT2D eigenvalue weighted by Gasteiger charge is -2.30. The van der Waals surface area contributed by atoms with Gasteiger partial charge in [-0.05, 0) is 25.0 Å². The zero-order valence-electron chi connectivity index (χ0n) is 11.4. The van der Waals surface area contributed by atoms with Gasteiger partial charge in [-0.15, -0.1) is 0 Å². The molecule has 0 aliphatic carbocycles. The lowest BCUT2D eigenvalue weighted by atomic mass is 9.96. The van der Waals surface area contributed by atoms with E-state index in [-0.39, 0.29) is 17.2 Å². The number of aliphatic hydroxyl groups is 1. The van der Waals surface area contributed by atoms with Crippen LogP contribution >= 0.6 is 0 Å². The summed E-state index contributed by atoms with van der Waals surface area (Å²) < 4.78 is 26.9. The zero-order valence-corrected chi connectivity index (χ0v) is 12.2. The van der Waals surface area contributed by atoms with Gasteiger partial charge in [0.1, 0.15) is 0 Å². The van der Waals surface area contributed by atoms with Crippen molar-refractivity contribution in [1.29, 1.82) is 0 Å². The highest BCUT2D eigenvalue weighted by molar-refractivity contribution is 7.89. The minimum Gasteiger partial charge on any atom is -0.394 e. The van der Waals surface area contributed by atoms with Crippen LogP contribution in [0.25, 0.3) is 0 Å². The fraction of sp³-hybridized carbons (Fsp3) is 0.500. The van der Waals surface area contributed by atoms with Crippen molar-refractivity contribution >= 4 is 15.7 Å². The van der Waals surface area contributed by atoms with Crippen molar-refractivity contribution in [1.82, 2.24) is 4.72 Å². The summed E-state index contributed by atoms with van der Waals surface area (Å²) in [6.45, 7) is 3.24. The molecule has 0 saturated carbocycles. The Labute approximate surface area is 117 Å². The van der Waals surface area contributed by atoms with E-state index in [2.05, 4.69) is 4.72 Å². The van der Waals surface area contributed by atoms with Crippen LogP contribution in [0.2, 0.25) is 0 Å². The number of nitrogens with one attached hydrogen (secondary N) is 1. The molecule has 2 N–H and O–H groups in total. The third kappa shape index (κ3) is 3.53. The van der Waals surface area contributed by atoms with Crippen LogP contribution in [0.1, 0.15) is 26.7 Å². The van der Waals surface area contributed by atoms with Crippen molar-refractivity contribution in [2.45, 2.75) is 37.1 Å².